The molecule has 0 spiro atoms. The van der Waals surface area contributed by atoms with Crippen LogP contribution in [0.15, 0.2) is 29.2 Å². The molecule has 1 fully saturated rings. The lowest BCUT2D eigenvalue weighted by atomic mass is 10.2. The molecule has 0 aliphatic carbocycles. The first-order valence-corrected chi connectivity index (χ1v) is 11.0. The van der Waals surface area contributed by atoms with Crippen LogP contribution in [-0.2, 0) is 9.84 Å². The van der Waals surface area contributed by atoms with Gasteiger partial charge in [-0.3, -0.25) is 4.79 Å². The Bertz CT molecular complexity index is 665. The zero-order chi connectivity index (χ0) is 18.3. The standard InChI is InChI=1S/C19H30N2O3S/c1-3-21(15-14-20-12-7-5-6-8-13-20)19(22)17-10-9-11-18(16-17)25(23,24)4-2/h9-11,16H,3-8,12-15H2,1-2H3. The maximum Gasteiger partial charge on any atom is 0.253 e. The molecule has 0 radical (unpaired) electrons. The fourth-order valence-corrected chi connectivity index (χ4v) is 4.12. The second-order valence-corrected chi connectivity index (χ2v) is 8.85. The van der Waals surface area contributed by atoms with E-state index in [4.69, 9.17) is 0 Å². The Morgan fingerprint density at radius 3 is 2.40 bits per heavy atom. The summed E-state index contributed by atoms with van der Waals surface area (Å²) in [7, 11) is -3.30. The number of hydrogen-bond acceptors (Lipinski definition) is 4. The second-order valence-electron chi connectivity index (χ2n) is 6.57. The van der Waals surface area contributed by atoms with Crippen molar-refractivity contribution < 1.29 is 13.2 Å². The van der Waals surface area contributed by atoms with Gasteiger partial charge in [0.1, 0.15) is 0 Å². The summed E-state index contributed by atoms with van der Waals surface area (Å²) in [5.74, 6) is -0.0534. The van der Waals surface area contributed by atoms with E-state index < -0.39 is 9.84 Å². The minimum absolute atomic E-state index is 0.0388. The Balaban J connectivity index is 2.05. The summed E-state index contributed by atoms with van der Waals surface area (Å²) in [5, 5.41) is 0. The molecule has 1 heterocycles. The highest BCUT2D eigenvalue weighted by atomic mass is 32.2. The van der Waals surface area contributed by atoms with E-state index in [0.29, 0.717) is 18.7 Å². The molecule has 1 aliphatic rings. The highest BCUT2D eigenvalue weighted by molar-refractivity contribution is 7.91. The smallest absolute Gasteiger partial charge is 0.253 e. The first-order valence-electron chi connectivity index (χ1n) is 9.32. The Morgan fingerprint density at radius 1 is 1.12 bits per heavy atom. The number of nitrogens with zero attached hydrogens (tertiary/aromatic N) is 2. The normalized spacial score (nSPS) is 16.4. The van der Waals surface area contributed by atoms with Gasteiger partial charge in [0.05, 0.1) is 10.6 Å². The molecule has 0 atom stereocenters. The minimum atomic E-state index is -3.30. The molecule has 1 aromatic rings. The van der Waals surface area contributed by atoms with E-state index in [9.17, 15) is 13.2 Å². The Hall–Kier alpha value is -1.40. The van der Waals surface area contributed by atoms with Gasteiger partial charge in [-0.1, -0.05) is 25.8 Å². The van der Waals surface area contributed by atoms with Gasteiger partial charge in [-0.05, 0) is 51.1 Å². The minimum Gasteiger partial charge on any atom is -0.338 e. The summed E-state index contributed by atoms with van der Waals surface area (Å²) in [6.45, 7) is 7.98. The number of carbonyl (C=O) groups excluding carboxylic acids is 1. The third-order valence-corrected chi connectivity index (χ3v) is 6.61. The van der Waals surface area contributed by atoms with Crippen LogP contribution in [0.25, 0.3) is 0 Å². The van der Waals surface area contributed by atoms with E-state index in [1.165, 1.54) is 31.7 Å². The molecule has 0 saturated carbocycles. The lowest BCUT2D eigenvalue weighted by Crippen LogP contribution is -2.39. The van der Waals surface area contributed by atoms with Crippen LogP contribution in [0.2, 0.25) is 0 Å². The molecule has 5 nitrogen and oxygen atoms in total. The van der Waals surface area contributed by atoms with Crippen LogP contribution in [0.1, 0.15) is 49.9 Å². The Kier molecular flexibility index (Phi) is 7.44. The lowest BCUT2D eigenvalue weighted by molar-refractivity contribution is 0.0745. The largest absolute Gasteiger partial charge is 0.338 e. The molecular weight excluding hydrogens is 336 g/mol. The van der Waals surface area contributed by atoms with Crippen molar-refractivity contribution in [1.29, 1.82) is 0 Å². The fraction of sp³-hybridized carbons (Fsp3) is 0.632. The van der Waals surface area contributed by atoms with Gasteiger partial charge in [-0.2, -0.15) is 0 Å². The average Bonchev–Trinajstić information content (AvgIpc) is 2.91. The molecule has 6 heteroatoms. The second kappa shape index (κ2) is 9.34. The van der Waals surface area contributed by atoms with Gasteiger partial charge in [0.25, 0.3) is 5.91 Å². The lowest BCUT2D eigenvalue weighted by Gasteiger charge is -2.26. The van der Waals surface area contributed by atoms with Gasteiger partial charge in [0.2, 0.25) is 0 Å². The van der Waals surface area contributed by atoms with Crippen molar-refractivity contribution in [3.63, 3.8) is 0 Å². The van der Waals surface area contributed by atoms with Crippen LogP contribution < -0.4 is 0 Å². The molecule has 25 heavy (non-hydrogen) atoms. The highest BCUT2D eigenvalue weighted by Crippen LogP contribution is 2.15. The van der Waals surface area contributed by atoms with Crippen molar-refractivity contribution in [2.75, 3.05) is 38.5 Å². The van der Waals surface area contributed by atoms with Crippen LogP contribution in [0, 0.1) is 0 Å². The van der Waals surface area contributed by atoms with Crippen molar-refractivity contribution in [1.82, 2.24) is 9.80 Å². The Morgan fingerprint density at radius 2 is 1.80 bits per heavy atom. The molecule has 1 aromatic carbocycles. The predicted octanol–water partition coefficient (Wildman–Crippen LogP) is 2.82. The number of likely N-dealkylation sites (N-methyl/N-ethyl adjacent to an activating group) is 1. The number of benzene rings is 1. The quantitative estimate of drug-likeness (QED) is 0.745. The summed E-state index contributed by atoms with van der Waals surface area (Å²) in [6.07, 6.45) is 5.06. The molecular formula is C19H30N2O3S. The summed E-state index contributed by atoms with van der Waals surface area (Å²) >= 11 is 0. The van der Waals surface area contributed by atoms with Crippen LogP contribution in [0.5, 0.6) is 0 Å². The van der Waals surface area contributed by atoms with E-state index in [-0.39, 0.29) is 16.6 Å². The SMILES string of the molecule is CCN(CCN1CCCCCC1)C(=O)c1cccc(S(=O)(=O)CC)c1. The molecule has 0 aromatic heterocycles. The van der Waals surface area contributed by atoms with E-state index in [0.717, 1.165) is 19.6 Å². The van der Waals surface area contributed by atoms with Crippen molar-refractivity contribution in [2.24, 2.45) is 0 Å². The number of amides is 1. The molecule has 0 unspecified atom stereocenters. The van der Waals surface area contributed by atoms with E-state index >= 15 is 0 Å². The van der Waals surface area contributed by atoms with Gasteiger partial charge >= 0.3 is 0 Å². The molecule has 0 N–H and O–H groups in total. The molecule has 2 rings (SSSR count). The maximum atomic E-state index is 12.8. The van der Waals surface area contributed by atoms with E-state index in [1.54, 1.807) is 25.1 Å². The van der Waals surface area contributed by atoms with Crippen LogP contribution in [0.3, 0.4) is 0 Å². The maximum absolute atomic E-state index is 12.8. The number of rotatable bonds is 7. The topological polar surface area (TPSA) is 57.7 Å². The number of carbonyl (C=O) groups is 1. The van der Waals surface area contributed by atoms with Crippen molar-refractivity contribution in [3.8, 4) is 0 Å². The molecule has 1 amide bonds. The highest BCUT2D eigenvalue weighted by Gasteiger charge is 2.19. The third-order valence-electron chi connectivity index (χ3n) is 4.87. The molecule has 0 bridgehead atoms. The number of hydrogen-bond donors (Lipinski definition) is 0. The van der Waals surface area contributed by atoms with Crippen molar-refractivity contribution >= 4 is 15.7 Å². The average molecular weight is 367 g/mol. The predicted molar refractivity (Wildman–Crippen MR) is 101 cm³/mol. The van der Waals surface area contributed by atoms with Crippen LogP contribution >= 0.6 is 0 Å². The Labute approximate surface area is 151 Å². The molecule has 1 saturated heterocycles. The first kappa shape index (κ1) is 19.9. The van der Waals surface area contributed by atoms with Crippen molar-refractivity contribution in [3.05, 3.63) is 29.8 Å². The van der Waals surface area contributed by atoms with Gasteiger partial charge in [0.15, 0.2) is 9.84 Å². The zero-order valence-corrected chi connectivity index (χ0v) is 16.2. The third kappa shape index (κ3) is 5.54. The summed E-state index contributed by atoms with van der Waals surface area (Å²) < 4.78 is 24.1. The van der Waals surface area contributed by atoms with Gasteiger partial charge in [-0.25, -0.2) is 8.42 Å². The first-order chi connectivity index (χ1) is 12.0. The zero-order valence-electron chi connectivity index (χ0n) is 15.4. The van der Waals surface area contributed by atoms with E-state index in [2.05, 4.69) is 4.90 Å². The monoisotopic (exact) mass is 366 g/mol. The van der Waals surface area contributed by atoms with Crippen molar-refractivity contribution in [2.45, 2.75) is 44.4 Å². The summed E-state index contributed by atoms with van der Waals surface area (Å²) in [4.78, 5) is 17.3. The number of sulfone groups is 1. The molecule has 1 aliphatic heterocycles. The number of likely N-dealkylation sites (tertiary alicyclic amines) is 1. The van der Waals surface area contributed by atoms with Crippen LogP contribution in [-0.4, -0.2) is 62.6 Å². The summed E-state index contributed by atoms with van der Waals surface area (Å²) in [5.41, 5.74) is 0.451. The molecule has 140 valence electrons. The fourth-order valence-electron chi connectivity index (χ4n) is 3.20. The van der Waals surface area contributed by atoms with Crippen LogP contribution in [0.4, 0.5) is 0 Å². The van der Waals surface area contributed by atoms with Gasteiger partial charge < -0.3 is 9.80 Å². The van der Waals surface area contributed by atoms with E-state index in [1.807, 2.05) is 11.8 Å². The van der Waals surface area contributed by atoms with Gasteiger partial charge in [0, 0.05) is 25.2 Å². The van der Waals surface area contributed by atoms with Gasteiger partial charge in [-0.15, -0.1) is 0 Å². The summed E-state index contributed by atoms with van der Waals surface area (Å²) in [6, 6.07) is 6.42.